The summed E-state index contributed by atoms with van der Waals surface area (Å²) in [4.78, 5) is 0. The highest BCUT2D eigenvalue weighted by atomic mass is 19.1. The predicted molar refractivity (Wildman–Crippen MR) is 54.3 cm³/mol. The molecule has 1 aromatic rings. The molecule has 1 aliphatic carbocycles. The van der Waals surface area contributed by atoms with Crippen molar-refractivity contribution in [3.63, 3.8) is 0 Å². The lowest BCUT2D eigenvalue weighted by Crippen LogP contribution is -2.05. The Hall–Kier alpha value is -1.33. The van der Waals surface area contributed by atoms with E-state index in [0.29, 0.717) is 6.42 Å². The van der Waals surface area contributed by atoms with Gasteiger partial charge in [0.25, 0.3) is 0 Å². The van der Waals surface area contributed by atoms with Gasteiger partial charge in [0, 0.05) is 12.5 Å². The van der Waals surface area contributed by atoms with Crippen molar-refractivity contribution in [3.05, 3.63) is 34.9 Å². The van der Waals surface area contributed by atoms with Gasteiger partial charge in [-0.3, -0.25) is 0 Å². The summed E-state index contributed by atoms with van der Waals surface area (Å²) >= 11 is 0. The zero-order chi connectivity index (χ0) is 9.97. The fourth-order valence-electron chi connectivity index (χ4n) is 2.06. The summed E-state index contributed by atoms with van der Waals surface area (Å²) in [5.41, 5.74) is 9.55. The number of nitrogens with two attached hydrogens (primary N) is 1. The monoisotopic (exact) mass is 189 g/mol. The second kappa shape index (κ2) is 3.81. The van der Waals surface area contributed by atoms with Crippen molar-refractivity contribution < 1.29 is 4.39 Å². The Morgan fingerprint density at radius 2 is 2.36 bits per heavy atom. The van der Waals surface area contributed by atoms with Gasteiger partial charge in [0.2, 0.25) is 0 Å². The lowest BCUT2D eigenvalue weighted by atomic mass is 10.0. The van der Waals surface area contributed by atoms with Gasteiger partial charge in [-0.1, -0.05) is 24.1 Å². The molecule has 0 aromatic heterocycles. The molecule has 0 heterocycles. The average molecular weight is 189 g/mol. The molecule has 72 valence electrons. The van der Waals surface area contributed by atoms with Crippen molar-refractivity contribution in [1.29, 1.82) is 0 Å². The van der Waals surface area contributed by atoms with Gasteiger partial charge >= 0.3 is 0 Å². The molecule has 0 bridgehead atoms. The van der Waals surface area contributed by atoms with Gasteiger partial charge in [0.1, 0.15) is 6.17 Å². The summed E-state index contributed by atoms with van der Waals surface area (Å²) in [6, 6.07) is 6.18. The SMILES string of the molecule is NC1CCc2c(CC#CF)cccc21. The van der Waals surface area contributed by atoms with E-state index in [2.05, 4.69) is 12.0 Å². The van der Waals surface area contributed by atoms with Crippen LogP contribution < -0.4 is 5.73 Å². The molecule has 1 aromatic carbocycles. The van der Waals surface area contributed by atoms with E-state index in [1.54, 1.807) is 0 Å². The molecule has 0 radical (unpaired) electrons. The number of benzene rings is 1. The second-order valence-corrected chi connectivity index (χ2v) is 3.58. The largest absolute Gasteiger partial charge is 0.324 e. The molecule has 0 saturated heterocycles. The van der Waals surface area contributed by atoms with Crippen LogP contribution in [0.4, 0.5) is 4.39 Å². The number of hydrogen-bond acceptors (Lipinski definition) is 1. The predicted octanol–water partition coefficient (Wildman–Crippen LogP) is 2.11. The third kappa shape index (κ3) is 1.51. The van der Waals surface area contributed by atoms with Crippen molar-refractivity contribution in [2.45, 2.75) is 25.3 Å². The van der Waals surface area contributed by atoms with Gasteiger partial charge in [-0.15, -0.1) is 4.39 Å². The minimum atomic E-state index is 0.156. The van der Waals surface area contributed by atoms with Gasteiger partial charge in [-0.2, -0.15) is 0 Å². The van der Waals surface area contributed by atoms with E-state index in [1.807, 2.05) is 12.1 Å². The molecule has 1 atom stereocenters. The van der Waals surface area contributed by atoms with Gasteiger partial charge in [0.15, 0.2) is 0 Å². The summed E-state index contributed by atoms with van der Waals surface area (Å²) < 4.78 is 11.7. The number of halogens is 1. The molecule has 1 aliphatic rings. The first-order valence-corrected chi connectivity index (χ1v) is 4.77. The van der Waals surface area contributed by atoms with E-state index in [1.165, 1.54) is 17.3 Å². The first kappa shape index (κ1) is 9.23. The van der Waals surface area contributed by atoms with E-state index >= 15 is 0 Å². The Labute approximate surface area is 83.1 Å². The van der Waals surface area contributed by atoms with E-state index in [-0.39, 0.29) is 6.04 Å². The van der Waals surface area contributed by atoms with E-state index in [0.717, 1.165) is 18.4 Å². The highest BCUT2D eigenvalue weighted by molar-refractivity contribution is 5.42. The molecule has 0 aliphatic heterocycles. The first-order valence-electron chi connectivity index (χ1n) is 4.77. The van der Waals surface area contributed by atoms with Crippen LogP contribution in [0.2, 0.25) is 0 Å². The first-order chi connectivity index (χ1) is 6.83. The maximum absolute atomic E-state index is 11.7. The molecule has 0 amide bonds. The fraction of sp³-hybridized carbons (Fsp3) is 0.333. The van der Waals surface area contributed by atoms with Crippen LogP contribution in [0, 0.1) is 12.1 Å². The molecule has 0 spiro atoms. The molecule has 2 heteroatoms. The number of fused-ring (bicyclic) bond motifs is 1. The Balaban J connectivity index is 2.37. The minimum Gasteiger partial charge on any atom is -0.324 e. The lowest BCUT2D eigenvalue weighted by Gasteiger charge is -2.06. The Bertz CT molecular complexity index is 401. The van der Waals surface area contributed by atoms with Crippen molar-refractivity contribution in [3.8, 4) is 12.1 Å². The summed E-state index contributed by atoms with van der Waals surface area (Å²) in [7, 11) is 0. The van der Waals surface area contributed by atoms with Gasteiger partial charge in [-0.05, 0) is 29.5 Å². The average Bonchev–Trinajstić information content (AvgIpc) is 2.58. The van der Waals surface area contributed by atoms with E-state index in [9.17, 15) is 4.39 Å². The molecular formula is C12H12FN. The standard InChI is InChI=1S/C12H12FN/c13-8-2-4-9-3-1-5-11-10(9)6-7-12(11)14/h1,3,5,12H,4,6-7,14H2. The molecule has 2 N–H and O–H groups in total. The molecule has 0 saturated carbocycles. The number of hydrogen-bond donors (Lipinski definition) is 1. The van der Waals surface area contributed by atoms with Gasteiger partial charge in [0.05, 0.1) is 0 Å². The van der Waals surface area contributed by atoms with Crippen LogP contribution in [0.3, 0.4) is 0 Å². The zero-order valence-electron chi connectivity index (χ0n) is 7.89. The third-order valence-electron chi connectivity index (χ3n) is 2.76. The van der Waals surface area contributed by atoms with Crippen LogP contribution in [-0.2, 0) is 12.8 Å². The third-order valence-corrected chi connectivity index (χ3v) is 2.76. The molecule has 0 fully saturated rings. The van der Waals surface area contributed by atoms with Crippen LogP contribution >= 0.6 is 0 Å². The van der Waals surface area contributed by atoms with Gasteiger partial charge in [-0.25, -0.2) is 0 Å². The molecule has 14 heavy (non-hydrogen) atoms. The molecule has 1 nitrogen and oxygen atoms in total. The van der Waals surface area contributed by atoms with Crippen molar-refractivity contribution >= 4 is 0 Å². The van der Waals surface area contributed by atoms with Crippen molar-refractivity contribution in [1.82, 2.24) is 0 Å². The molecule has 1 unspecified atom stereocenters. The fourth-order valence-corrected chi connectivity index (χ4v) is 2.06. The smallest absolute Gasteiger partial charge is 0.105 e. The van der Waals surface area contributed by atoms with Crippen LogP contribution in [0.5, 0.6) is 0 Å². The summed E-state index contributed by atoms with van der Waals surface area (Å²) in [6.07, 6.45) is 3.93. The van der Waals surface area contributed by atoms with Crippen LogP contribution in [0.25, 0.3) is 0 Å². The van der Waals surface area contributed by atoms with Crippen LogP contribution in [0.1, 0.15) is 29.2 Å². The normalized spacial score (nSPS) is 18.6. The second-order valence-electron chi connectivity index (χ2n) is 3.58. The minimum absolute atomic E-state index is 0.156. The van der Waals surface area contributed by atoms with Crippen molar-refractivity contribution in [2.24, 2.45) is 5.73 Å². The van der Waals surface area contributed by atoms with Crippen LogP contribution in [-0.4, -0.2) is 0 Å². The highest BCUT2D eigenvalue weighted by Gasteiger charge is 2.20. The lowest BCUT2D eigenvalue weighted by molar-refractivity contribution is 0.713. The summed E-state index contributed by atoms with van der Waals surface area (Å²) in [5, 5.41) is 0. The quantitative estimate of drug-likeness (QED) is 0.673. The van der Waals surface area contributed by atoms with Crippen LogP contribution in [0.15, 0.2) is 18.2 Å². The Morgan fingerprint density at radius 1 is 1.50 bits per heavy atom. The highest BCUT2D eigenvalue weighted by Crippen LogP contribution is 2.31. The van der Waals surface area contributed by atoms with E-state index in [4.69, 9.17) is 5.73 Å². The topological polar surface area (TPSA) is 26.0 Å². The maximum atomic E-state index is 11.7. The number of rotatable bonds is 1. The maximum Gasteiger partial charge on any atom is 0.105 e. The molecular weight excluding hydrogens is 177 g/mol. The summed E-state index contributed by atoms with van der Waals surface area (Å²) in [5.74, 6) is 2.45. The Kier molecular flexibility index (Phi) is 2.51. The Morgan fingerprint density at radius 3 is 3.14 bits per heavy atom. The van der Waals surface area contributed by atoms with Gasteiger partial charge < -0.3 is 5.73 Å². The van der Waals surface area contributed by atoms with Crippen molar-refractivity contribution in [2.75, 3.05) is 0 Å². The van der Waals surface area contributed by atoms with E-state index < -0.39 is 0 Å². The zero-order valence-corrected chi connectivity index (χ0v) is 7.89. The molecule has 2 rings (SSSR count). The summed E-state index contributed by atoms with van der Waals surface area (Å²) in [6.45, 7) is 0.